The molecule has 3 rings (SSSR count). The number of nitrogens with zero attached hydrogens (tertiary/aromatic N) is 1. The Morgan fingerprint density at radius 3 is 2.14 bits per heavy atom. The number of hydrogen-bond acceptors (Lipinski definition) is 3. The maximum absolute atomic E-state index is 11.7. The van der Waals surface area contributed by atoms with Gasteiger partial charge in [-0.15, -0.1) is 29.1 Å². The number of rotatable bonds is 8. The number of halogens is 1. The van der Waals surface area contributed by atoms with Crippen LogP contribution in [0.5, 0.6) is 0 Å². The van der Waals surface area contributed by atoms with Gasteiger partial charge in [0.1, 0.15) is 0 Å². The number of benzene rings is 2. The van der Waals surface area contributed by atoms with Crippen molar-refractivity contribution in [3.8, 4) is 11.3 Å². The number of aliphatic hydroxyl groups is 1. The van der Waals surface area contributed by atoms with Crippen LogP contribution in [0.1, 0.15) is 79.7 Å². The molecule has 3 nitrogen and oxygen atoms in total. The minimum absolute atomic E-state index is 0. The SMILES string of the molecule is CC(C)(C)c1cc(-c2cc(Cl)ccn2)[c-]c2ccccc12.CCC(CC)C(=O)/C=C(\O)C(CC)CC.[Ir]. The van der Waals surface area contributed by atoms with Gasteiger partial charge in [-0.25, -0.2) is 0 Å². The molecular weight excluding hydrogens is 658 g/mol. The van der Waals surface area contributed by atoms with Gasteiger partial charge in [0, 0.05) is 54.9 Å². The zero-order valence-corrected chi connectivity index (χ0v) is 26.3. The van der Waals surface area contributed by atoms with Gasteiger partial charge in [0.25, 0.3) is 0 Å². The fourth-order valence-electron chi connectivity index (χ4n) is 4.32. The number of aromatic nitrogens is 1. The van der Waals surface area contributed by atoms with Crippen LogP contribution >= 0.6 is 11.6 Å². The number of allylic oxidation sites excluding steroid dienone is 2. The molecule has 1 heterocycles. The van der Waals surface area contributed by atoms with Gasteiger partial charge in [0.2, 0.25) is 0 Å². The molecule has 0 saturated carbocycles. The van der Waals surface area contributed by atoms with Gasteiger partial charge >= 0.3 is 0 Å². The van der Waals surface area contributed by atoms with Gasteiger partial charge in [-0.1, -0.05) is 95.3 Å². The van der Waals surface area contributed by atoms with Crippen LogP contribution in [-0.4, -0.2) is 15.9 Å². The number of ketones is 1. The molecule has 1 aromatic heterocycles. The smallest absolute Gasteiger partial charge is 0.162 e. The van der Waals surface area contributed by atoms with Gasteiger partial charge in [-0.05, 0) is 37.2 Å². The quantitative estimate of drug-likeness (QED) is 0.145. The molecule has 0 fully saturated rings. The van der Waals surface area contributed by atoms with Crippen molar-refractivity contribution in [1.29, 1.82) is 0 Å². The molecule has 0 aliphatic heterocycles. The van der Waals surface area contributed by atoms with E-state index in [9.17, 15) is 9.90 Å². The molecule has 0 amide bonds. The Bertz CT molecular complexity index is 1170. The Balaban J connectivity index is 0.000000384. The van der Waals surface area contributed by atoms with E-state index in [0.29, 0.717) is 5.02 Å². The third kappa shape index (κ3) is 9.36. The maximum Gasteiger partial charge on any atom is 0.162 e. The first-order valence-electron chi connectivity index (χ1n) is 13.1. The first-order chi connectivity index (χ1) is 17.0. The van der Waals surface area contributed by atoms with Crippen molar-refractivity contribution in [2.45, 2.75) is 79.6 Å². The first-order valence-corrected chi connectivity index (χ1v) is 13.4. The molecule has 203 valence electrons. The summed E-state index contributed by atoms with van der Waals surface area (Å²) in [5.74, 6) is 0.547. The normalized spacial score (nSPS) is 11.8. The second kappa shape index (κ2) is 15.4. The summed E-state index contributed by atoms with van der Waals surface area (Å²) in [6.45, 7) is 14.7. The molecule has 0 aliphatic carbocycles. The summed E-state index contributed by atoms with van der Waals surface area (Å²) in [6.07, 6.45) is 6.64. The van der Waals surface area contributed by atoms with E-state index in [1.807, 2.05) is 39.8 Å². The number of carbonyl (C=O) groups excluding carboxylic acids is 1. The van der Waals surface area contributed by atoms with Gasteiger partial charge in [0.15, 0.2) is 5.78 Å². The number of fused-ring (bicyclic) bond motifs is 1. The van der Waals surface area contributed by atoms with E-state index in [1.54, 1.807) is 12.3 Å². The van der Waals surface area contributed by atoms with Crippen molar-refractivity contribution >= 4 is 28.2 Å². The second-order valence-electron chi connectivity index (χ2n) is 10.2. The van der Waals surface area contributed by atoms with Crippen molar-refractivity contribution in [2.24, 2.45) is 11.8 Å². The topological polar surface area (TPSA) is 50.2 Å². The fraction of sp³-hybridized carbons (Fsp3) is 0.438. The third-order valence-corrected chi connectivity index (χ3v) is 6.90. The summed E-state index contributed by atoms with van der Waals surface area (Å²) in [5, 5.41) is 12.8. The van der Waals surface area contributed by atoms with E-state index >= 15 is 0 Å². The van der Waals surface area contributed by atoms with Gasteiger partial charge in [-0.3, -0.25) is 9.78 Å². The Labute approximate surface area is 242 Å². The zero-order chi connectivity index (χ0) is 26.9. The van der Waals surface area contributed by atoms with Crippen LogP contribution in [0.2, 0.25) is 5.02 Å². The van der Waals surface area contributed by atoms with Crippen molar-refractivity contribution in [1.82, 2.24) is 4.98 Å². The molecule has 0 spiro atoms. The summed E-state index contributed by atoms with van der Waals surface area (Å²) < 4.78 is 0. The largest absolute Gasteiger partial charge is 0.512 e. The molecule has 1 radical (unpaired) electrons. The first kappa shape index (κ1) is 33.0. The molecule has 3 aromatic rings. The third-order valence-electron chi connectivity index (χ3n) is 6.66. The Morgan fingerprint density at radius 1 is 1.00 bits per heavy atom. The van der Waals surface area contributed by atoms with Crippen molar-refractivity contribution in [3.05, 3.63) is 77.1 Å². The molecule has 5 heteroatoms. The molecule has 0 bridgehead atoms. The van der Waals surface area contributed by atoms with Crippen molar-refractivity contribution in [3.63, 3.8) is 0 Å². The zero-order valence-electron chi connectivity index (χ0n) is 23.2. The molecule has 0 saturated heterocycles. The minimum atomic E-state index is 0. The van der Waals surface area contributed by atoms with E-state index in [2.05, 4.69) is 56.1 Å². The molecule has 2 aromatic carbocycles. The Hall–Kier alpha value is -2.00. The molecule has 0 atom stereocenters. The predicted octanol–water partition coefficient (Wildman–Crippen LogP) is 9.52. The van der Waals surface area contributed by atoms with E-state index < -0.39 is 0 Å². The Morgan fingerprint density at radius 2 is 1.59 bits per heavy atom. The van der Waals surface area contributed by atoms with Gasteiger partial charge in [-0.2, -0.15) is 0 Å². The summed E-state index contributed by atoms with van der Waals surface area (Å²) in [6, 6.07) is 17.7. The number of aliphatic hydroxyl groups excluding tert-OH is 1. The maximum atomic E-state index is 11.7. The number of pyridine rings is 1. The Kier molecular flexibility index (Phi) is 13.8. The average molecular weight is 699 g/mol. The average Bonchev–Trinajstić information content (AvgIpc) is 2.84. The number of hydrogen-bond donors (Lipinski definition) is 1. The molecule has 0 aliphatic rings. The van der Waals surface area contributed by atoms with Crippen LogP contribution < -0.4 is 0 Å². The molecule has 1 N–H and O–H groups in total. The fourth-order valence-corrected chi connectivity index (χ4v) is 4.48. The molecule has 37 heavy (non-hydrogen) atoms. The molecular formula is C32H41ClIrNO2-. The van der Waals surface area contributed by atoms with Crippen molar-refractivity contribution < 1.29 is 30.0 Å². The van der Waals surface area contributed by atoms with Crippen LogP contribution in [0.15, 0.2) is 60.5 Å². The van der Waals surface area contributed by atoms with Crippen LogP contribution in [-0.2, 0) is 30.3 Å². The molecule has 0 unspecified atom stereocenters. The second-order valence-corrected chi connectivity index (χ2v) is 10.7. The van der Waals surface area contributed by atoms with Gasteiger partial charge in [0.05, 0.1) is 5.76 Å². The van der Waals surface area contributed by atoms with Crippen molar-refractivity contribution in [2.75, 3.05) is 0 Å². The minimum Gasteiger partial charge on any atom is -0.512 e. The van der Waals surface area contributed by atoms with E-state index in [0.717, 1.165) is 42.3 Å². The van der Waals surface area contributed by atoms with Crippen LogP contribution in [0.25, 0.3) is 22.0 Å². The summed E-state index contributed by atoms with van der Waals surface area (Å²) in [5.41, 5.74) is 3.20. The summed E-state index contributed by atoms with van der Waals surface area (Å²) in [4.78, 5) is 16.1. The van der Waals surface area contributed by atoms with E-state index in [1.165, 1.54) is 17.0 Å². The standard InChI is InChI=1S/C19H17ClN.C13H24O2.Ir/c1-19(2,3)17-11-14(18-12-15(20)8-9-21-18)10-13-6-4-5-7-16(13)17;1-5-10(6-2)12(14)9-13(15)11(7-3)8-4;/h4-9,11-12H,1-3H3;9-11,14H,5-8H2,1-4H3;/q-1;;/b;12-9-;. The van der Waals surface area contributed by atoms with Gasteiger partial charge < -0.3 is 5.11 Å². The predicted molar refractivity (Wildman–Crippen MR) is 154 cm³/mol. The summed E-state index contributed by atoms with van der Waals surface area (Å²) >= 11 is 6.09. The number of carbonyl (C=O) groups is 1. The van der Waals surface area contributed by atoms with Crippen LogP contribution in [0.4, 0.5) is 0 Å². The van der Waals surface area contributed by atoms with Crippen LogP contribution in [0, 0.1) is 17.9 Å². The monoisotopic (exact) mass is 699 g/mol. The van der Waals surface area contributed by atoms with E-state index in [-0.39, 0.29) is 48.9 Å². The van der Waals surface area contributed by atoms with Crippen LogP contribution in [0.3, 0.4) is 0 Å². The summed E-state index contributed by atoms with van der Waals surface area (Å²) in [7, 11) is 0. The van der Waals surface area contributed by atoms with E-state index in [4.69, 9.17) is 11.6 Å².